The van der Waals surface area contributed by atoms with E-state index in [0.29, 0.717) is 37.9 Å². The van der Waals surface area contributed by atoms with Gasteiger partial charge >= 0.3 is 5.97 Å². The highest BCUT2D eigenvalue weighted by Gasteiger charge is 2.45. The molecule has 2 fully saturated rings. The van der Waals surface area contributed by atoms with Crippen LogP contribution in [0.2, 0.25) is 0 Å². The second kappa shape index (κ2) is 13.2. The summed E-state index contributed by atoms with van der Waals surface area (Å²) >= 11 is 0. The van der Waals surface area contributed by atoms with Gasteiger partial charge in [-0.05, 0) is 113 Å². The maximum Gasteiger partial charge on any atom is 0.308 e. The first-order valence-electron chi connectivity index (χ1n) is 14.6. The van der Waals surface area contributed by atoms with Gasteiger partial charge in [-0.15, -0.1) is 0 Å². The number of methoxy groups -OCH3 is 2. The van der Waals surface area contributed by atoms with Crippen molar-refractivity contribution in [1.29, 1.82) is 0 Å². The van der Waals surface area contributed by atoms with Crippen molar-refractivity contribution < 1.29 is 28.1 Å². The van der Waals surface area contributed by atoms with E-state index in [2.05, 4.69) is 18.7 Å². The van der Waals surface area contributed by atoms with Crippen LogP contribution in [-0.2, 0) is 20.7 Å². The van der Waals surface area contributed by atoms with Crippen LogP contribution in [0.1, 0.15) is 82.8 Å². The lowest BCUT2D eigenvalue weighted by Gasteiger charge is -2.48. The van der Waals surface area contributed by atoms with Crippen molar-refractivity contribution in [1.82, 2.24) is 0 Å². The summed E-state index contributed by atoms with van der Waals surface area (Å²) in [7, 11) is 3.29. The summed E-state index contributed by atoms with van der Waals surface area (Å²) in [6.45, 7) is 9.53. The van der Waals surface area contributed by atoms with Gasteiger partial charge in [-0.25, -0.2) is 4.39 Å². The number of rotatable bonds is 12. The molecule has 214 valence electrons. The summed E-state index contributed by atoms with van der Waals surface area (Å²) in [5.41, 5.74) is 4.29. The summed E-state index contributed by atoms with van der Waals surface area (Å²) in [6.07, 6.45) is 12.0. The molecule has 0 atom stereocenters. The maximum absolute atomic E-state index is 13.7. The van der Waals surface area contributed by atoms with Gasteiger partial charge in [-0.3, -0.25) is 4.79 Å². The van der Waals surface area contributed by atoms with Crippen LogP contribution in [0.5, 0.6) is 11.5 Å². The highest BCUT2D eigenvalue weighted by Crippen LogP contribution is 2.49. The van der Waals surface area contributed by atoms with Crippen LogP contribution in [0, 0.1) is 17.8 Å². The molecule has 3 aliphatic carbocycles. The van der Waals surface area contributed by atoms with Gasteiger partial charge < -0.3 is 18.9 Å². The Morgan fingerprint density at radius 2 is 1.59 bits per heavy atom. The first kappa shape index (κ1) is 29.4. The second-order valence-corrected chi connectivity index (χ2v) is 11.4. The van der Waals surface area contributed by atoms with E-state index in [1.807, 2.05) is 27.0 Å². The van der Waals surface area contributed by atoms with E-state index in [9.17, 15) is 9.18 Å². The van der Waals surface area contributed by atoms with Crippen LogP contribution in [0.4, 0.5) is 4.39 Å². The molecule has 5 nitrogen and oxygen atoms in total. The molecule has 0 saturated heterocycles. The largest absolute Gasteiger partial charge is 0.493 e. The van der Waals surface area contributed by atoms with Gasteiger partial charge in [-0.1, -0.05) is 18.2 Å². The predicted octanol–water partition coefficient (Wildman–Crippen LogP) is 7.78. The van der Waals surface area contributed by atoms with Crippen LogP contribution >= 0.6 is 0 Å². The Labute approximate surface area is 233 Å². The summed E-state index contributed by atoms with van der Waals surface area (Å²) in [4.78, 5) is 11.9. The molecule has 39 heavy (non-hydrogen) atoms. The zero-order valence-electron chi connectivity index (χ0n) is 24.2. The third kappa shape index (κ3) is 6.95. The molecule has 2 saturated carbocycles. The Morgan fingerprint density at radius 3 is 2.10 bits per heavy atom. The lowest BCUT2D eigenvalue weighted by molar-refractivity contribution is -0.146. The summed E-state index contributed by atoms with van der Waals surface area (Å²) in [6, 6.07) is 4.28. The Hall–Kier alpha value is -2.60. The lowest BCUT2D eigenvalue weighted by Crippen LogP contribution is -2.47. The molecular weight excluding hydrogens is 495 g/mol. The quantitative estimate of drug-likeness (QED) is 0.200. The zero-order chi connectivity index (χ0) is 28.0. The fourth-order valence-electron chi connectivity index (χ4n) is 6.75. The maximum atomic E-state index is 13.7. The van der Waals surface area contributed by atoms with Crippen molar-refractivity contribution in [2.24, 2.45) is 17.8 Å². The number of hydrogen-bond acceptors (Lipinski definition) is 5. The van der Waals surface area contributed by atoms with Gasteiger partial charge in [0.15, 0.2) is 0 Å². The van der Waals surface area contributed by atoms with E-state index in [0.717, 1.165) is 74.0 Å². The molecule has 0 aliphatic heterocycles. The number of halogens is 1. The van der Waals surface area contributed by atoms with E-state index in [1.54, 1.807) is 6.08 Å². The average Bonchev–Trinajstić information content (AvgIpc) is 2.92. The molecule has 0 heterocycles. The third-order valence-electron chi connectivity index (χ3n) is 8.81. The molecule has 0 aromatic heterocycles. The van der Waals surface area contributed by atoms with Crippen molar-refractivity contribution in [3.05, 3.63) is 53.4 Å². The van der Waals surface area contributed by atoms with Crippen LogP contribution in [0.25, 0.3) is 5.57 Å². The predicted molar refractivity (Wildman–Crippen MR) is 153 cm³/mol. The first-order valence-corrected chi connectivity index (χ1v) is 14.6. The van der Waals surface area contributed by atoms with E-state index >= 15 is 0 Å². The smallest absolute Gasteiger partial charge is 0.308 e. The minimum absolute atomic E-state index is 0.0325. The van der Waals surface area contributed by atoms with Crippen molar-refractivity contribution in [3.8, 4) is 11.5 Å². The summed E-state index contributed by atoms with van der Waals surface area (Å²) < 4.78 is 36.9. The normalized spacial score (nSPS) is 26.6. The zero-order valence-corrected chi connectivity index (χ0v) is 24.2. The fourth-order valence-corrected chi connectivity index (χ4v) is 6.75. The minimum Gasteiger partial charge on any atom is -0.493 e. The number of carbonyl (C=O) groups is 1. The van der Waals surface area contributed by atoms with E-state index in [4.69, 9.17) is 18.9 Å². The number of benzene rings is 1. The Balaban J connectivity index is 1.41. The molecule has 0 radical (unpaired) electrons. The fraction of sp³-hybridized carbons (Fsp3) is 0.606. The van der Waals surface area contributed by atoms with Crippen LogP contribution in [0.15, 0.2) is 42.3 Å². The van der Waals surface area contributed by atoms with Crippen molar-refractivity contribution in [2.75, 3.05) is 27.4 Å². The molecule has 3 aliphatic rings. The van der Waals surface area contributed by atoms with Crippen molar-refractivity contribution in [2.45, 2.75) is 83.7 Å². The Bertz CT molecular complexity index is 1060. The summed E-state index contributed by atoms with van der Waals surface area (Å²) in [5, 5.41) is 0. The molecule has 4 rings (SSSR count). The summed E-state index contributed by atoms with van der Waals surface area (Å²) in [5.74, 6) is 2.45. The van der Waals surface area contributed by atoms with Gasteiger partial charge in [0.05, 0.1) is 37.4 Å². The van der Waals surface area contributed by atoms with Gasteiger partial charge in [0.25, 0.3) is 0 Å². The molecule has 0 bridgehead atoms. The van der Waals surface area contributed by atoms with Gasteiger partial charge in [0, 0.05) is 13.5 Å². The lowest BCUT2D eigenvalue weighted by atomic mass is 9.64. The molecule has 6 heteroatoms. The number of hydrogen-bond donors (Lipinski definition) is 0. The van der Waals surface area contributed by atoms with Crippen LogP contribution in [-0.4, -0.2) is 39.0 Å². The SMILES string of the molecule is C=C(CC1(OC)CC(Cc2cc(OCC)c(C3=CC=C(F)CC3)c(OCC)c2)C1)C1CCC(C(=O)OC)CC1. The number of esters is 1. The highest BCUT2D eigenvalue weighted by molar-refractivity contribution is 5.78. The van der Waals surface area contributed by atoms with Gasteiger partial charge in [0.1, 0.15) is 17.3 Å². The van der Waals surface area contributed by atoms with E-state index in [-0.39, 0.29) is 23.3 Å². The monoisotopic (exact) mass is 540 g/mol. The van der Waals surface area contributed by atoms with E-state index < -0.39 is 0 Å². The van der Waals surface area contributed by atoms with E-state index in [1.165, 1.54) is 18.2 Å². The topological polar surface area (TPSA) is 54.0 Å². The number of allylic oxidation sites excluding steroid dienone is 4. The van der Waals surface area contributed by atoms with Crippen LogP contribution in [0.3, 0.4) is 0 Å². The molecule has 0 unspecified atom stereocenters. The number of carbonyl (C=O) groups excluding carboxylic acids is 1. The standard InChI is InChI=1S/C33H45FO5/c1-6-38-29-17-23(18-30(39-7-2)31(29)26-12-14-28(34)15-13-26)16-24-20-33(21-24,37-5)19-22(3)25-8-10-27(11-9-25)32(35)36-4/h12,14,17-18,24-25,27H,3,6-11,13,15-16,19-21H2,1-2,4-5H3. The van der Waals surface area contributed by atoms with Gasteiger partial charge in [-0.2, -0.15) is 0 Å². The highest BCUT2D eigenvalue weighted by atomic mass is 19.1. The van der Waals surface area contributed by atoms with Gasteiger partial charge in [0.2, 0.25) is 0 Å². The molecular formula is C33H45FO5. The Morgan fingerprint density at radius 1 is 0.974 bits per heavy atom. The van der Waals surface area contributed by atoms with Crippen molar-refractivity contribution in [3.63, 3.8) is 0 Å². The average molecular weight is 541 g/mol. The molecule has 0 spiro atoms. The minimum atomic E-state index is -0.157. The van der Waals surface area contributed by atoms with Crippen LogP contribution < -0.4 is 9.47 Å². The second-order valence-electron chi connectivity index (χ2n) is 11.4. The molecule has 1 aromatic carbocycles. The number of ether oxygens (including phenoxy) is 4. The third-order valence-corrected chi connectivity index (χ3v) is 8.81. The molecule has 0 N–H and O–H groups in total. The molecule has 1 aromatic rings. The molecule has 0 amide bonds. The Kier molecular flexibility index (Phi) is 9.92. The van der Waals surface area contributed by atoms with Crippen molar-refractivity contribution >= 4 is 11.5 Å². The first-order chi connectivity index (χ1) is 18.8.